The first-order valence-corrected chi connectivity index (χ1v) is 8.53. The average Bonchev–Trinajstić information content (AvgIpc) is 2.85. The fourth-order valence-corrected chi connectivity index (χ4v) is 4.27. The molecule has 1 aliphatic carbocycles. The molecule has 0 aromatic heterocycles. The second-order valence-corrected chi connectivity index (χ2v) is 7.19. The summed E-state index contributed by atoms with van der Waals surface area (Å²) in [5.74, 6) is 1.80. The molecule has 0 aromatic carbocycles. The number of likely N-dealkylation sites (N-methyl/N-ethyl adjacent to an activating group) is 1. The lowest BCUT2D eigenvalue weighted by atomic mass is 10.1. The Kier molecular flexibility index (Phi) is 5.45. The van der Waals surface area contributed by atoms with E-state index in [0.717, 1.165) is 43.5 Å². The van der Waals surface area contributed by atoms with Crippen molar-refractivity contribution in [1.29, 1.82) is 0 Å². The monoisotopic (exact) mass is 258 g/mol. The van der Waals surface area contributed by atoms with Crippen molar-refractivity contribution in [3.63, 3.8) is 0 Å². The van der Waals surface area contributed by atoms with Gasteiger partial charge < -0.3 is 10.2 Å². The highest BCUT2D eigenvalue weighted by Crippen LogP contribution is 2.21. The van der Waals surface area contributed by atoms with E-state index in [1.807, 2.05) is 0 Å². The summed E-state index contributed by atoms with van der Waals surface area (Å²) < 4.78 is 11.2. The zero-order chi connectivity index (χ0) is 12.1. The minimum Gasteiger partial charge on any atom is -0.313 e. The first-order chi connectivity index (χ1) is 8.25. The summed E-state index contributed by atoms with van der Waals surface area (Å²) in [7, 11) is 1.73. The second kappa shape index (κ2) is 6.86. The van der Waals surface area contributed by atoms with E-state index < -0.39 is 10.8 Å². The van der Waals surface area contributed by atoms with Crippen LogP contribution in [0.1, 0.15) is 38.5 Å². The maximum absolute atomic E-state index is 11.2. The highest BCUT2D eigenvalue weighted by Gasteiger charge is 2.20. The molecule has 0 radical (unpaired) electrons. The van der Waals surface area contributed by atoms with Gasteiger partial charge in [-0.2, -0.15) is 0 Å². The summed E-state index contributed by atoms with van der Waals surface area (Å²) in [6.45, 7) is 2.24. The molecular formula is C13H26N2OS. The van der Waals surface area contributed by atoms with E-state index >= 15 is 0 Å². The molecule has 3 nitrogen and oxygen atoms in total. The van der Waals surface area contributed by atoms with Crippen molar-refractivity contribution in [2.24, 2.45) is 0 Å². The van der Waals surface area contributed by atoms with Gasteiger partial charge in [-0.1, -0.05) is 12.8 Å². The quantitative estimate of drug-likeness (QED) is 0.808. The predicted molar refractivity (Wildman–Crippen MR) is 73.8 cm³/mol. The van der Waals surface area contributed by atoms with Crippen LogP contribution in [0.25, 0.3) is 0 Å². The predicted octanol–water partition coefficient (Wildman–Crippen LogP) is 1.36. The molecule has 1 heterocycles. The summed E-state index contributed by atoms with van der Waals surface area (Å²) in [6, 6.07) is 1.44. The molecular weight excluding hydrogens is 232 g/mol. The van der Waals surface area contributed by atoms with E-state index in [1.54, 1.807) is 0 Å². The van der Waals surface area contributed by atoms with E-state index in [1.165, 1.54) is 25.7 Å². The van der Waals surface area contributed by atoms with Crippen LogP contribution in [-0.2, 0) is 10.8 Å². The molecule has 17 heavy (non-hydrogen) atoms. The fourth-order valence-electron chi connectivity index (χ4n) is 2.97. The van der Waals surface area contributed by atoms with Crippen LogP contribution in [0.4, 0.5) is 0 Å². The minimum absolute atomic E-state index is 0.528. The summed E-state index contributed by atoms with van der Waals surface area (Å²) in [4.78, 5) is 2.51. The largest absolute Gasteiger partial charge is 0.313 e. The molecule has 2 rings (SSSR count). The Hall–Kier alpha value is 0.0700. The molecule has 0 atom stereocenters. The van der Waals surface area contributed by atoms with Crippen LogP contribution in [-0.4, -0.2) is 52.8 Å². The van der Waals surface area contributed by atoms with Crippen LogP contribution in [0.2, 0.25) is 0 Å². The number of nitrogens with zero attached hydrogens (tertiary/aromatic N) is 1. The van der Waals surface area contributed by atoms with Crippen molar-refractivity contribution in [2.45, 2.75) is 50.6 Å². The summed E-state index contributed by atoms with van der Waals surface area (Å²) >= 11 is 0. The van der Waals surface area contributed by atoms with Gasteiger partial charge in [-0.05, 0) is 32.7 Å². The van der Waals surface area contributed by atoms with Crippen LogP contribution in [0.3, 0.4) is 0 Å². The topological polar surface area (TPSA) is 32.3 Å². The Morgan fingerprint density at radius 1 is 1.18 bits per heavy atom. The van der Waals surface area contributed by atoms with Gasteiger partial charge >= 0.3 is 0 Å². The lowest BCUT2D eigenvalue weighted by molar-refractivity contribution is 0.241. The van der Waals surface area contributed by atoms with Crippen molar-refractivity contribution in [3.8, 4) is 0 Å². The smallest absolute Gasteiger partial charge is 0.0249 e. The van der Waals surface area contributed by atoms with E-state index in [4.69, 9.17) is 0 Å². The Labute approximate surface area is 108 Å². The average molecular weight is 258 g/mol. The zero-order valence-electron chi connectivity index (χ0n) is 11.0. The van der Waals surface area contributed by atoms with E-state index in [2.05, 4.69) is 17.3 Å². The molecule has 1 aliphatic heterocycles. The van der Waals surface area contributed by atoms with Crippen molar-refractivity contribution in [3.05, 3.63) is 0 Å². The van der Waals surface area contributed by atoms with Gasteiger partial charge in [0.25, 0.3) is 0 Å². The molecule has 2 aliphatic rings. The lowest BCUT2D eigenvalue weighted by Gasteiger charge is -2.27. The van der Waals surface area contributed by atoms with Crippen LogP contribution >= 0.6 is 0 Å². The van der Waals surface area contributed by atoms with Gasteiger partial charge in [-0.25, -0.2) is 0 Å². The number of hydrogen-bond acceptors (Lipinski definition) is 3. The van der Waals surface area contributed by atoms with Crippen LogP contribution < -0.4 is 5.32 Å². The maximum Gasteiger partial charge on any atom is 0.0249 e. The molecule has 0 spiro atoms. The third-order valence-corrected chi connectivity index (χ3v) is 5.62. The normalized spacial score (nSPS) is 31.2. The summed E-state index contributed by atoms with van der Waals surface area (Å²) in [5, 5.41) is 3.62. The molecule has 0 amide bonds. The van der Waals surface area contributed by atoms with E-state index in [-0.39, 0.29) is 0 Å². The molecule has 0 bridgehead atoms. The minimum atomic E-state index is -0.528. The van der Waals surface area contributed by atoms with Crippen molar-refractivity contribution in [1.82, 2.24) is 10.2 Å². The van der Waals surface area contributed by atoms with E-state index in [0.29, 0.717) is 6.04 Å². The summed E-state index contributed by atoms with van der Waals surface area (Å²) in [5.41, 5.74) is 0. The first-order valence-electron chi connectivity index (χ1n) is 7.04. The van der Waals surface area contributed by atoms with Crippen LogP contribution in [0, 0.1) is 0 Å². The van der Waals surface area contributed by atoms with Gasteiger partial charge in [-0.3, -0.25) is 4.21 Å². The Balaban J connectivity index is 1.57. The van der Waals surface area contributed by atoms with Gasteiger partial charge in [-0.15, -0.1) is 0 Å². The molecule has 0 aromatic rings. The van der Waals surface area contributed by atoms with Gasteiger partial charge in [0, 0.05) is 47.5 Å². The van der Waals surface area contributed by atoms with Crippen molar-refractivity contribution in [2.75, 3.05) is 31.6 Å². The molecule has 4 heteroatoms. The highest BCUT2D eigenvalue weighted by atomic mass is 32.2. The second-order valence-electron chi connectivity index (χ2n) is 5.50. The number of hydrogen-bond donors (Lipinski definition) is 1. The standard InChI is InChI=1S/C13H26N2OS/c1-15(13-4-2-3-5-13)9-8-14-12-6-10-17(16)11-7-12/h12-14H,2-11H2,1H3. The van der Waals surface area contributed by atoms with Gasteiger partial charge in [0.15, 0.2) is 0 Å². The molecule has 1 saturated carbocycles. The molecule has 2 fully saturated rings. The van der Waals surface area contributed by atoms with Gasteiger partial charge in [0.05, 0.1) is 0 Å². The van der Waals surface area contributed by atoms with Gasteiger partial charge in [0.1, 0.15) is 0 Å². The SMILES string of the molecule is CN(CCNC1CCS(=O)CC1)C1CCCC1. The third kappa shape index (κ3) is 4.34. The van der Waals surface area contributed by atoms with E-state index in [9.17, 15) is 4.21 Å². The third-order valence-electron chi connectivity index (χ3n) is 4.23. The maximum atomic E-state index is 11.2. The first kappa shape index (κ1) is 13.5. The zero-order valence-corrected chi connectivity index (χ0v) is 11.8. The molecule has 1 N–H and O–H groups in total. The van der Waals surface area contributed by atoms with Crippen LogP contribution in [0.15, 0.2) is 0 Å². The lowest BCUT2D eigenvalue weighted by Crippen LogP contribution is -2.41. The molecule has 0 unspecified atom stereocenters. The molecule has 1 saturated heterocycles. The Bertz CT molecular complexity index is 244. The number of rotatable bonds is 5. The number of nitrogens with one attached hydrogen (secondary N) is 1. The Morgan fingerprint density at radius 3 is 2.47 bits per heavy atom. The van der Waals surface area contributed by atoms with Gasteiger partial charge in [0.2, 0.25) is 0 Å². The molecule has 100 valence electrons. The fraction of sp³-hybridized carbons (Fsp3) is 1.00. The van der Waals surface area contributed by atoms with Crippen molar-refractivity contribution < 1.29 is 4.21 Å². The van der Waals surface area contributed by atoms with Crippen molar-refractivity contribution >= 4 is 10.8 Å². The Morgan fingerprint density at radius 2 is 1.82 bits per heavy atom. The van der Waals surface area contributed by atoms with Crippen LogP contribution in [0.5, 0.6) is 0 Å². The summed E-state index contributed by atoms with van der Waals surface area (Å²) in [6.07, 6.45) is 7.80. The highest BCUT2D eigenvalue weighted by molar-refractivity contribution is 7.85.